The average molecular weight is 222 g/mol. The van der Waals surface area contributed by atoms with Crippen LogP contribution in [0.1, 0.15) is 31.9 Å². The van der Waals surface area contributed by atoms with E-state index in [1.807, 2.05) is 32.9 Å². The molecule has 0 aliphatic carbocycles. The van der Waals surface area contributed by atoms with Crippen LogP contribution in [0, 0.1) is 6.92 Å². The molecule has 1 unspecified atom stereocenters. The first-order valence-electron chi connectivity index (χ1n) is 5.34. The van der Waals surface area contributed by atoms with Gasteiger partial charge in [-0.1, -0.05) is 29.8 Å². The van der Waals surface area contributed by atoms with E-state index in [1.165, 1.54) is 0 Å². The molecule has 1 atom stereocenters. The molecule has 0 saturated heterocycles. The van der Waals surface area contributed by atoms with Crippen molar-refractivity contribution in [2.45, 2.75) is 39.4 Å². The molecule has 88 valence electrons. The van der Waals surface area contributed by atoms with Gasteiger partial charge in [-0.05, 0) is 33.3 Å². The Labute approximate surface area is 96.1 Å². The van der Waals surface area contributed by atoms with Crippen LogP contribution in [0.4, 0.5) is 0 Å². The summed E-state index contributed by atoms with van der Waals surface area (Å²) in [5.74, 6) is -0.968. The predicted molar refractivity (Wildman–Crippen MR) is 62.4 cm³/mol. The fourth-order valence-corrected chi connectivity index (χ4v) is 1.58. The normalized spacial score (nSPS) is 14.8. The van der Waals surface area contributed by atoms with Crippen LogP contribution in [0.25, 0.3) is 0 Å². The van der Waals surface area contributed by atoms with Crippen LogP contribution >= 0.6 is 0 Å². The third-order valence-electron chi connectivity index (χ3n) is 2.48. The van der Waals surface area contributed by atoms with Gasteiger partial charge in [0.2, 0.25) is 0 Å². The third-order valence-corrected chi connectivity index (χ3v) is 2.48. The van der Waals surface area contributed by atoms with Gasteiger partial charge in [0.1, 0.15) is 0 Å². The fraction of sp³-hybridized carbons (Fsp3) is 0.462. The number of carbonyl (C=O) groups is 1. The second kappa shape index (κ2) is 4.66. The van der Waals surface area contributed by atoms with Crippen LogP contribution in [-0.2, 0) is 15.1 Å². The van der Waals surface area contributed by atoms with Crippen molar-refractivity contribution in [1.29, 1.82) is 0 Å². The molecule has 16 heavy (non-hydrogen) atoms. The van der Waals surface area contributed by atoms with Gasteiger partial charge in [0, 0.05) is 0 Å². The minimum Gasteiger partial charge on any atom is -0.479 e. The first-order chi connectivity index (χ1) is 7.36. The van der Waals surface area contributed by atoms with Gasteiger partial charge in [-0.3, -0.25) is 0 Å². The van der Waals surface area contributed by atoms with Crippen molar-refractivity contribution in [3.05, 3.63) is 35.4 Å². The van der Waals surface area contributed by atoms with Crippen molar-refractivity contribution in [3.63, 3.8) is 0 Å². The molecule has 3 heteroatoms. The molecule has 1 N–H and O–H groups in total. The van der Waals surface area contributed by atoms with Crippen LogP contribution in [0.3, 0.4) is 0 Å². The minimum absolute atomic E-state index is 0.137. The number of ether oxygens (including phenoxy) is 1. The summed E-state index contributed by atoms with van der Waals surface area (Å²) in [5, 5.41) is 9.28. The van der Waals surface area contributed by atoms with Gasteiger partial charge in [-0.25, -0.2) is 4.79 Å². The maximum absolute atomic E-state index is 11.3. The standard InChI is InChI=1S/C13H18O3/c1-9(2)16-13(4,12(14)15)11-7-5-10(3)6-8-11/h5-9H,1-4H3,(H,14,15). The van der Waals surface area contributed by atoms with E-state index >= 15 is 0 Å². The van der Waals surface area contributed by atoms with Crippen molar-refractivity contribution in [3.8, 4) is 0 Å². The van der Waals surface area contributed by atoms with E-state index in [4.69, 9.17) is 4.74 Å². The van der Waals surface area contributed by atoms with E-state index in [-0.39, 0.29) is 6.10 Å². The number of benzene rings is 1. The molecule has 0 amide bonds. The minimum atomic E-state index is -1.28. The number of aliphatic carboxylic acids is 1. The molecule has 0 fully saturated rings. The molecule has 1 aromatic carbocycles. The molecule has 1 aromatic rings. The molecule has 0 radical (unpaired) electrons. The van der Waals surface area contributed by atoms with Gasteiger partial charge < -0.3 is 9.84 Å². The Morgan fingerprint density at radius 2 is 1.81 bits per heavy atom. The van der Waals surface area contributed by atoms with Crippen molar-refractivity contribution in [1.82, 2.24) is 0 Å². The SMILES string of the molecule is Cc1ccc(C(C)(OC(C)C)C(=O)O)cc1. The third kappa shape index (κ3) is 2.61. The average Bonchev–Trinajstić information content (AvgIpc) is 2.17. The van der Waals surface area contributed by atoms with Crippen LogP contribution in [0.2, 0.25) is 0 Å². The monoisotopic (exact) mass is 222 g/mol. The molecule has 0 heterocycles. The Bertz CT molecular complexity index is 367. The zero-order chi connectivity index (χ0) is 12.3. The summed E-state index contributed by atoms with van der Waals surface area (Å²) in [6.07, 6.45) is -0.137. The zero-order valence-corrected chi connectivity index (χ0v) is 10.2. The quantitative estimate of drug-likeness (QED) is 0.852. The molecule has 0 aromatic heterocycles. The van der Waals surface area contributed by atoms with Crippen LogP contribution in [0.15, 0.2) is 24.3 Å². The van der Waals surface area contributed by atoms with Crippen LogP contribution in [0.5, 0.6) is 0 Å². The van der Waals surface area contributed by atoms with Crippen molar-refractivity contribution in [2.24, 2.45) is 0 Å². The second-order valence-corrected chi connectivity index (χ2v) is 4.37. The van der Waals surface area contributed by atoms with Gasteiger partial charge in [-0.2, -0.15) is 0 Å². The number of carboxylic acids is 1. The molecular weight excluding hydrogens is 204 g/mol. The van der Waals surface area contributed by atoms with E-state index in [2.05, 4.69) is 0 Å². The molecular formula is C13H18O3. The summed E-state index contributed by atoms with van der Waals surface area (Å²) in [5.41, 5.74) is 0.488. The lowest BCUT2D eigenvalue weighted by Crippen LogP contribution is -2.37. The van der Waals surface area contributed by atoms with E-state index in [9.17, 15) is 9.90 Å². The van der Waals surface area contributed by atoms with Gasteiger partial charge in [0.15, 0.2) is 5.60 Å². The van der Waals surface area contributed by atoms with Crippen molar-refractivity contribution < 1.29 is 14.6 Å². The topological polar surface area (TPSA) is 46.5 Å². The summed E-state index contributed by atoms with van der Waals surface area (Å²) >= 11 is 0. The van der Waals surface area contributed by atoms with Crippen molar-refractivity contribution >= 4 is 5.97 Å². The Balaban J connectivity index is 3.11. The zero-order valence-electron chi connectivity index (χ0n) is 10.2. The molecule has 0 saturated carbocycles. The predicted octanol–water partition coefficient (Wildman–Crippen LogP) is 2.72. The Morgan fingerprint density at radius 1 is 1.31 bits per heavy atom. The smallest absolute Gasteiger partial charge is 0.340 e. The van der Waals surface area contributed by atoms with Gasteiger partial charge >= 0.3 is 5.97 Å². The number of rotatable bonds is 4. The lowest BCUT2D eigenvalue weighted by atomic mass is 9.95. The molecule has 0 spiro atoms. The number of hydrogen-bond acceptors (Lipinski definition) is 2. The van der Waals surface area contributed by atoms with Gasteiger partial charge in [-0.15, -0.1) is 0 Å². The first-order valence-corrected chi connectivity index (χ1v) is 5.34. The summed E-state index contributed by atoms with van der Waals surface area (Å²) in [6.45, 7) is 7.20. The highest BCUT2D eigenvalue weighted by atomic mass is 16.5. The van der Waals surface area contributed by atoms with Gasteiger partial charge in [0.05, 0.1) is 6.10 Å². The first kappa shape index (κ1) is 12.7. The summed E-state index contributed by atoms with van der Waals surface area (Å²) in [4.78, 5) is 11.3. The Morgan fingerprint density at radius 3 is 2.19 bits per heavy atom. The number of aryl methyl sites for hydroxylation is 1. The van der Waals surface area contributed by atoms with E-state index in [0.717, 1.165) is 5.56 Å². The van der Waals surface area contributed by atoms with E-state index in [0.29, 0.717) is 5.56 Å². The van der Waals surface area contributed by atoms with Crippen LogP contribution < -0.4 is 0 Å². The maximum Gasteiger partial charge on any atom is 0.340 e. The van der Waals surface area contributed by atoms with E-state index < -0.39 is 11.6 Å². The highest BCUT2D eigenvalue weighted by Gasteiger charge is 2.37. The maximum atomic E-state index is 11.3. The molecule has 0 aliphatic heterocycles. The molecule has 3 nitrogen and oxygen atoms in total. The highest BCUT2D eigenvalue weighted by Crippen LogP contribution is 2.27. The summed E-state index contributed by atoms with van der Waals surface area (Å²) < 4.78 is 5.53. The van der Waals surface area contributed by atoms with E-state index in [1.54, 1.807) is 19.1 Å². The lowest BCUT2D eigenvalue weighted by molar-refractivity contribution is -0.170. The second-order valence-electron chi connectivity index (χ2n) is 4.37. The van der Waals surface area contributed by atoms with Crippen molar-refractivity contribution in [2.75, 3.05) is 0 Å². The van der Waals surface area contributed by atoms with Crippen LogP contribution in [-0.4, -0.2) is 17.2 Å². The summed E-state index contributed by atoms with van der Waals surface area (Å²) in [6, 6.07) is 7.37. The molecule has 1 rings (SSSR count). The molecule has 0 bridgehead atoms. The molecule has 0 aliphatic rings. The van der Waals surface area contributed by atoms with Gasteiger partial charge in [0.25, 0.3) is 0 Å². The number of hydrogen-bond donors (Lipinski definition) is 1. The summed E-state index contributed by atoms with van der Waals surface area (Å²) in [7, 11) is 0. The Kier molecular flexibility index (Phi) is 3.70. The lowest BCUT2D eigenvalue weighted by Gasteiger charge is -2.28. The number of carboxylic acid groups (broad SMARTS) is 1. The Hall–Kier alpha value is -1.35. The highest BCUT2D eigenvalue weighted by molar-refractivity contribution is 5.79. The largest absolute Gasteiger partial charge is 0.479 e. The fourth-order valence-electron chi connectivity index (χ4n) is 1.58.